The summed E-state index contributed by atoms with van der Waals surface area (Å²) in [5.41, 5.74) is 12.4. The van der Waals surface area contributed by atoms with Gasteiger partial charge in [0.1, 0.15) is 0 Å². The van der Waals surface area contributed by atoms with Gasteiger partial charge in [0.25, 0.3) is 5.91 Å². The number of benzene rings is 5. The maximum atomic E-state index is 14.6. The van der Waals surface area contributed by atoms with E-state index in [-0.39, 0.29) is 17.9 Å². The van der Waals surface area contributed by atoms with Crippen LogP contribution < -0.4 is 4.90 Å². The standard InChI is InChI=1S/C37H24N2O/c40-37-27-19-9-12-22-30(27)38-28-20-10-7-17-25(28)33-31(23-13-3-1-4-14-23)32(24-15-5-2-6-16-24)34-26-18-8-11-21-29(26)39(37)36(34)35(33)38/h1-22,34,36H. The number of hydrogen-bond acceptors (Lipinski definition) is 1. The third-order valence-corrected chi connectivity index (χ3v) is 8.89. The molecule has 0 saturated heterocycles. The predicted molar refractivity (Wildman–Crippen MR) is 161 cm³/mol. The molecular weight excluding hydrogens is 488 g/mol. The minimum atomic E-state index is -0.164. The van der Waals surface area contributed by atoms with E-state index in [0.29, 0.717) is 0 Å². The molecule has 1 aromatic heterocycles. The minimum Gasteiger partial charge on any atom is -0.310 e. The lowest BCUT2D eigenvalue weighted by atomic mass is 9.71. The van der Waals surface area contributed by atoms with Crippen LogP contribution >= 0.6 is 0 Å². The van der Waals surface area contributed by atoms with E-state index in [0.717, 1.165) is 22.5 Å². The van der Waals surface area contributed by atoms with Gasteiger partial charge in [-0.3, -0.25) is 9.69 Å². The van der Waals surface area contributed by atoms with E-state index in [2.05, 4.69) is 125 Å². The van der Waals surface area contributed by atoms with Gasteiger partial charge in [0.15, 0.2) is 0 Å². The third-order valence-electron chi connectivity index (χ3n) is 8.89. The Kier molecular flexibility index (Phi) is 4.31. The SMILES string of the molecule is O=C1c2ccccc2-n2c3c(c4ccccc42)C(c2ccccc2)=C(c2ccccc2)C2c4ccccc4N1C32. The first kappa shape index (κ1) is 21.7. The van der Waals surface area contributed by atoms with Crippen LogP contribution in [0.4, 0.5) is 5.69 Å². The van der Waals surface area contributed by atoms with Crippen LogP contribution in [-0.2, 0) is 0 Å². The second-order valence-corrected chi connectivity index (χ2v) is 10.8. The molecule has 3 heterocycles. The monoisotopic (exact) mass is 512 g/mol. The van der Waals surface area contributed by atoms with E-state index in [9.17, 15) is 4.79 Å². The summed E-state index contributed by atoms with van der Waals surface area (Å²) in [4.78, 5) is 16.6. The fourth-order valence-electron chi connectivity index (χ4n) is 7.45. The van der Waals surface area contributed by atoms with Gasteiger partial charge in [0, 0.05) is 22.6 Å². The van der Waals surface area contributed by atoms with E-state index in [1.165, 1.54) is 44.5 Å². The molecule has 3 aliphatic rings. The van der Waals surface area contributed by atoms with Crippen molar-refractivity contribution in [2.24, 2.45) is 0 Å². The maximum Gasteiger partial charge on any atom is 0.261 e. The van der Waals surface area contributed by atoms with Gasteiger partial charge in [0.2, 0.25) is 0 Å². The number of rotatable bonds is 2. The summed E-state index contributed by atoms with van der Waals surface area (Å²) in [6, 6.07) is 46.7. The number of para-hydroxylation sites is 3. The van der Waals surface area contributed by atoms with Gasteiger partial charge in [-0.1, -0.05) is 109 Å². The number of fused-ring (bicyclic) bond motifs is 8. The first-order valence-electron chi connectivity index (χ1n) is 13.8. The molecule has 2 unspecified atom stereocenters. The molecule has 0 bridgehead atoms. The van der Waals surface area contributed by atoms with Crippen LogP contribution in [0.25, 0.3) is 27.7 Å². The van der Waals surface area contributed by atoms with Gasteiger partial charge >= 0.3 is 0 Å². The zero-order valence-corrected chi connectivity index (χ0v) is 21.7. The molecule has 9 rings (SSSR count). The summed E-state index contributed by atoms with van der Waals surface area (Å²) in [5.74, 6) is 0.0486. The number of amides is 1. The number of aromatic nitrogens is 1. The highest BCUT2D eigenvalue weighted by molar-refractivity contribution is 6.18. The summed E-state index contributed by atoms with van der Waals surface area (Å²) in [6.45, 7) is 0. The van der Waals surface area contributed by atoms with Crippen molar-refractivity contribution in [1.29, 1.82) is 0 Å². The molecule has 0 radical (unpaired) electrons. The predicted octanol–water partition coefficient (Wildman–Crippen LogP) is 8.40. The van der Waals surface area contributed by atoms with Crippen LogP contribution in [0.1, 0.15) is 50.3 Å². The lowest BCUT2D eigenvalue weighted by molar-refractivity contribution is 0.0980. The fourth-order valence-corrected chi connectivity index (χ4v) is 7.45. The Balaban J connectivity index is 1.55. The average molecular weight is 513 g/mol. The van der Waals surface area contributed by atoms with Gasteiger partial charge in [-0.05, 0) is 52.1 Å². The molecule has 40 heavy (non-hydrogen) atoms. The highest BCUT2D eigenvalue weighted by atomic mass is 16.2. The lowest BCUT2D eigenvalue weighted by Gasteiger charge is -2.36. The molecule has 0 fully saturated rings. The average Bonchev–Trinajstić information content (AvgIpc) is 3.51. The van der Waals surface area contributed by atoms with Crippen LogP contribution in [0.2, 0.25) is 0 Å². The van der Waals surface area contributed by atoms with Gasteiger partial charge in [-0.2, -0.15) is 0 Å². The van der Waals surface area contributed by atoms with Crippen molar-refractivity contribution < 1.29 is 4.79 Å². The topological polar surface area (TPSA) is 25.2 Å². The van der Waals surface area contributed by atoms with Crippen molar-refractivity contribution in [3.8, 4) is 5.69 Å². The van der Waals surface area contributed by atoms with E-state index in [1.807, 2.05) is 18.2 Å². The van der Waals surface area contributed by atoms with Crippen molar-refractivity contribution >= 4 is 33.6 Å². The fraction of sp³-hybridized carbons (Fsp3) is 0.0541. The molecule has 3 nitrogen and oxygen atoms in total. The quantitative estimate of drug-likeness (QED) is 0.229. The Hall–Kier alpha value is -5.15. The highest BCUT2D eigenvalue weighted by Crippen LogP contribution is 2.63. The van der Waals surface area contributed by atoms with Crippen LogP contribution in [0.5, 0.6) is 0 Å². The first-order valence-corrected chi connectivity index (χ1v) is 13.8. The van der Waals surface area contributed by atoms with E-state index >= 15 is 0 Å². The van der Waals surface area contributed by atoms with Crippen LogP contribution in [0, 0.1) is 0 Å². The molecule has 2 aliphatic heterocycles. The Morgan fingerprint density at radius 1 is 0.575 bits per heavy atom. The van der Waals surface area contributed by atoms with Gasteiger partial charge in [-0.15, -0.1) is 0 Å². The van der Waals surface area contributed by atoms with Gasteiger partial charge < -0.3 is 4.57 Å². The van der Waals surface area contributed by atoms with Crippen molar-refractivity contribution in [1.82, 2.24) is 4.57 Å². The van der Waals surface area contributed by atoms with E-state index < -0.39 is 0 Å². The number of carbonyl (C=O) groups is 1. The molecule has 1 amide bonds. The Bertz CT molecular complexity index is 2030. The molecule has 6 aromatic rings. The van der Waals surface area contributed by atoms with E-state index in [1.54, 1.807) is 0 Å². The summed E-state index contributed by atoms with van der Waals surface area (Å²) in [6.07, 6.45) is 0. The first-order chi connectivity index (χ1) is 19.8. The number of anilines is 1. The summed E-state index contributed by atoms with van der Waals surface area (Å²) in [7, 11) is 0. The second-order valence-electron chi connectivity index (χ2n) is 10.8. The summed E-state index contributed by atoms with van der Waals surface area (Å²) >= 11 is 0. The molecule has 2 atom stereocenters. The normalized spacial score (nSPS) is 18.4. The Morgan fingerprint density at radius 3 is 2.00 bits per heavy atom. The lowest BCUT2D eigenvalue weighted by Crippen LogP contribution is -2.34. The number of carbonyl (C=O) groups excluding carboxylic acids is 1. The van der Waals surface area contributed by atoms with Crippen molar-refractivity contribution in [2.75, 3.05) is 4.90 Å². The summed E-state index contributed by atoms with van der Waals surface area (Å²) < 4.78 is 2.38. The van der Waals surface area contributed by atoms with Crippen LogP contribution in [0.15, 0.2) is 133 Å². The molecule has 0 spiro atoms. The smallest absolute Gasteiger partial charge is 0.261 e. The van der Waals surface area contributed by atoms with Gasteiger partial charge in [0.05, 0.1) is 28.5 Å². The largest absolute Gasteiger partial charge is 0.310 e. The number of nitrogens with zero attached hydrogens (tertiary/aromatic N) is 2. The molecule has 5 aromatic carbocycles. The molecule has 3 heteroatoms. The van der Waals surface area contributed by atoms with Crippen molar-refractivity contribution in [3.63, 3.8) is 0 Å². The van der Waals surface area contributed by atoms with Crippen molar-refractivity contribution in [3.05, 3.63) is 167 Å². The maximum absolute atomic E-state index is 14.6. The zero-order valence-electron chi connectivity index (χ0n) is 21.7. The van der Waals surface area contributed by atoms with Gasteiger partial charge in [-0.25, -0.2) is 0 Å². The third kappa shape index (κ3) is 2.66. The van der Waals surface area contributed by atoms with Crippen LogP contribution in [0.3, 0.4) is 0 Å². The van der Waals surface area contributed by atoms with Crippen molar-refractivity contribution in [2.45, 2.75) is 12.0 Å². The molecule has 188 valence electrons. The Labute approximate surface area is 232 Å². The Morgan fingerprint density at radius 2 is 1.20 bits per heavy atom. The zero-order chi connectivity index (χ0) is 26.4. The highest BCUT2D eigenvalue weighted by Gasteiger charge is 2.52. The van der Waals surface area contributed by atoms with E-state index in [4.69, 9.17) is 0 Å². The molecule has 0 saturated carbocycles. The molecular formula is C37H24N2O. The summed E-state index contributed by atoms with van der Waals surface area (Å²) in [5, 5.41) is 1.21. The molecule has 0 N–H and O–H groups in total. The second kappa shape index (κ2) is 7.93. The molecule has 1 aliphatic carbocycles. The number of hydrogen-bond donors (Lipinski definition) is 0. The van der Waals surface area contributed by atoms with Crippen LogP contribution in [-0.4, -0.2) is 10.5 Å². The minimum absolute atomic E-state index is 0.0115.